The van der Waals surface area contributed by atoms with Crippen LogP contribution < -0.4 is 0 Å². The van der Waals surface area contributed by atoms with Crippen LogP contribution >= 0.6 is 15.9 Å². The maximum absolute atomic E-state index is 11.4. The fraction of sp³-hybridized carbons (Fsp3) is 0.875. The van der Waals surface area contributed by atoms with E-state index in [0.29, 0.717) is 17.3 Å². The Labute approximate surface area is 80.2 Å². The zero-order valence-electron chi connectivity index (χ0n) is 6.83. The first-order valence-electron chi connectivity index (χ1n) is 4.28. The molecule has 1 amide bonds. The van der Waals surface area contributed by atoms with Crippen molar-refractivity contribution in [2.75, 3.05) is 19.8 Å². The van der Waals surface area contributed by atoms with Crippen LogP contribution in [0.3, 0.4) is 0 Å². The van der Waals surface area contributed by atoms with E-state index in [1.54, 1.807) is 0 Å². The molecule has 2 heterocycles. The minimum atomic E-state index is 0.271. The number of hydrogen-bond acceptors (Lipinski definition) is 2. The maximum atomic E-state index is 11.4. The number of alkyl halides is 1. The molecule has 0 radical (unpaired) electrons. The second kappa shape index (κ2) is 3.34. The van der Waals surface area contributed by atoms with E-state index < -0.39 is 0 Å². The molecule has 0 bridgehead atoms. The second-order valence-electron chi connectivity index (χ2n) is 3.36. The van der Waals surface area contributed by atoms with E-state index in [4.69, 9.17) is 4.74 Å². The van der Waals surface area contributed by atoms with Gasteiger partial charge in [-0.25, -0.2) is 0 Å². The molecule has 4 heteroatoms. The summed E-state index contributed by atoms with van der Waals surface area (Å²) < 4.78 is 5.24. The molecule has 2 aliphatic rings. The number of ether oxygens (including phenoxy) is 1. The van der Waals surface area contributed by atoms with Gasteiger partial charge in [-0.15, -0.1) is 0 Å². The molecule has 0 spiro atoms. The number of carbonyl (C=O) groups excluding carboxylic acids is 1. The van der Waals surface area contributed by atoms with Gasteiger partial charge in [0.2, 0.25) is 5.91 Å². The quantitative estimate of drug-likeness (QED) is 0.627. The largest absolute Gasteiger partial charge is 0.379 e. The third-order valence-electron chi connectivity index (χ3n) is 2.46. The predicted molar refractivity (Wildman–Crippen MR) is 48.3 cm³/mol. The summed E-state index contributed by atoms with van der Waals surface area (Å²) in [6.45, 7) is 2.39. The van der Waals surface area contributed by atoms with Crippen molar-refractivity contribution in [2.24, 2.45) is 0 Å². The molecule has 0 aliphatic carbocycles. The van der Waals surface area contributed by atoms with Gasteiger partial charge in [0, 0.05) is 24.4 Å². The van der Waals surface area contributed by atoms with Crippen LogP contribution in [0.2, 0.25) is 0 Å². The Hall–Kier alpha value is -0.0900. The molecular weight excluding hydrogens is 222 g/mol. The van der Waals surface area contributed by atoms with Crippen LogP contribution in [-0.4, -0.2) is 41.4 Å². The Morgan fingerprint density at radius 3 is 2.92 bits per heavy atom. The van der Waals surface area contributed by atoms with E-state index >= 15 is 0 Å². The third kappa shape index (κ3) is 1.50. The summed E-state index contributed by atoms with van der Waals surface area (Å²) in [5.74, 6) is 0.271. The van der Waals surface area contributed by atoms with E-state index in [2.05, 4.69) is 15.9 Å². The first kappa shape index (κ1) is 8.51. The van der Waals surface area contributed by atoms with Crippen molar-refractivity contribution in [3.63, 3.8) is 0 Å². The molecule has 2 rings (SSSR count). The van der Waals surface area contributed by atoms with Crippen LogP contribution in [0.4, 0.5) is 0 Å². The van der Waals surface area contributed by atoms with Crippen molar-refractivity contribution in [3.8, 4) is 0 Å². The number of amides is 1. The normalized spacial score (nSPS) is 36.4. The first-order valence-corrected chi connectivity index (χ1v) is 5.20. The minimum Gasteiger partial charge on any atom is -0.379 e. The Morgan fingerprint density at radius 1 is 1.58 bits per heavy atom. The summed E-state index contributed by atoms with van der Waals surface area (Å²) in [7, 11) is 0. The van der Waals surface area contributed by atoms with Gasteiger partial charge in [0.15, 0.2) is 0 Å². The maximum Gasteiger partial charge on any atom is 0.224 e. The van der Waals surface area contributed by atoms with Gasteiger partial charge in [0.05, 0.1) is 12.6 Å². The number of likely N-dealkylation sites (tertiary alicyclic amines) is 1. The lowest BCUT2D eigenvalue weighted by Gasteiger charge is -2.21. The number of hydrogen-bond donors (Lipinski definition) is 0. The summed E-state index contributed by atoms with van der Waals surface area (Å²) in [5, 5.41) is 0. The van der Waals surface area contributed by atoms with E-state index in [0.717, 1.165) is 26.2 Å². The highest BCUT2D eigenvalue weighted by Crippen LogP contribution is 2.23. The van der Waals surface area contributed by atoms with Gasteiger partial charge in [0.1, 0.15) is 0 Å². The van der Waals surface area contributed by atoms with Crippen molar-refractivity contribution in [1.82, 2.24) is 4.90 Å². The van der Waals surface area contributed by atoms with Crippen LogP contribution in [0.5, 0.6) is 0 Å². The molecule has 2 atom stereocenters. The number of nitrogens with zero attached hydrogens (tertiary/aromatic N) is 1. The van der Waals surface area contributed by atoms with Crippen molar-refractivity contribution in [1.29, 1.82) is 0 Å². The van der Waals surface area contributed by atoms with Crippen LogP contribution in [0.15, 0.2) is 0 Å². The topological polar surface area (TPSA) is 29.5 Å². The van der Waals surface area contributed by atoms with Gasteiger partial charge < -0.3 is 9.64 Å². The second-order valence-corrected chi connectivity index (χ2v) is 4.66. The van der Waals surface area contributed by atoms with Crippen molar-refractivity contribution in [2.45, 2.75) is 23.7 Å². The van der Waals surface area contributed by atoms with Crippen molar-refractivity contribution in [3.05, 3.63) is 0 Å². The Morgan fingerprint density at radius 2 is 2.42 bits per heavy atom. The smallest absolute Gasteiger partial charge is 0.224 e. The van der Waals surface area contributed by atoms with Crippen molar-refractivity contribution < 1.29 is 9.53 Å². The van der Waals surface area contributed by atoms with Gasteiger partial charge in [-0.2, -0.15) is 0 Å². The van der Waals surface area contributed by atoms with Crippen LogP contribution in [0, 0.1) is 0 Å². The molecule has 3 nitrogen and oxygen atoms in total. The zero-order valence-corrected chi connectivity index (χ0v) is 8.42. The molecule has 1 unspecified atom stereocenters. The monoisotopic (exact) mass is 233 g/mol. The van der Waals surface area contributed by atoms with Gasteiger partial charge >= 0.3 is 0 Å². The van der Waals surface area contributed by atoms with Crippen LogP contribution in [0.1, 0.15) is 12.8 Å². The molecule has 0 saturated carbocycles. The average Bonchev–Trinajstić information content (AvgIpc) is 2.58. The highest BCUT2D eigenvalue weighted by Gasteiger charge is 2.34. The zero-order chi connectivity index (χ0) is 8.55. The molecule has 12 heavy (non-hydrogen) atoms. The SMILES string of the molecule is O=C1CC(Br)CN1[C@@H]1CCOC1. The van der Waals surface area contributed by atoms with Gasteiger partial charge in [-0.3, -0.25) is 4.79 Å². The van der Waals surface area contributed by atoms with E-state index in [1.807, 2.05) is 4.90 Å². The number of carbonyl (C=O) groups is 1. The fourth-order valence-electron chi connectivity index (χ4n) is 1.81. The number of rotatable bonds is 1. The average molecular weight is 234 g/mol. The summed E-state index contributed by atoms with van der Waals surface area (Å²) >= 11 is 3.46. The van der Waals surface area contributed by atoms with Gasteiger partial charge in [-0.1, -0.05) is 15.9 Å². The molecule has 0 aromatic carbocycles. The Kier molecular flexibility index (Phi) is 2.37. The molecule has 0 aromatic rings. The van der Waals surface area contributed by atoms with E-state index in [-0.39, 0.29) is 5.91 Å². The highest BCUT2D eigenvalue weighted by molar-refractivity contribution is 9.09. The fourth-order valence-corrected chi connectivity index (χ4v) is 2.40. The minimum absolute atomic E-state index is 0.271. The van der Waals surface area contributed by atoms with E-state index in [9.17, 15) is 4.79 Å². The third-order valence-corrected chi connectivity index (χ3v) is 3.07. The summed E-state index contributed by atoms with van der Waals surface area (Å²) in [6.07, 6.45) is 1.65. The van der Waals surface area contributed by atoms with Gasteiger partial charge in [0.25, 0.3) is 0 Å². The van der Waals surface area contributed by atoms with Gasteiger partial charge in [-0.05, 0) is 6.42 Å². The first-order chi connectivity index (χ1) is 5.77. The summed E-state index contributed by atoms with van der Waals surface area (Å²) in [6, 6.07) is 0.347. The summed E-state index contributed by atoms with van der Waals surface area (Å²) in [4.78, 5) is 13.7. The molecule has 0 N–H and O–H groups in total. The van der Waals surface area contributed by atoms with Crippen molar-refractivity contribution >= 4 is 21.8 Å². The highest BCUT2D eigenvalue weighted by atomic mass is 79.9. The van der Waals surface area contributed by atoms with Crippen LogP contribution in [-0.2, 0) is 9.53 Å². The molecule has 2 aliphatic heterocycles. The number of halogens is 1. The van der Waals surface area contributed by atoms with Crippen LogP contribution in [0.25, 0.3) is 0 Å². The lowest BCUT2D eigenvalue weighted by atomic mass is 10.2. The molecule has 2 fully saturated rings. The Balaban J connectivity index is 1.98. The standard InChI is InChI=1S/C8H12BrNO2/c9-6-3-8(11)10(4-6)7-1-2-12-5-7/h6-7H,1-5H2/t6?,7-/m1/s1. The lowest BCUT2D eigenvalue weighted by Crippen LogP contribution is -2.36. The molecular formula is C8H12BrNO2. The lowest BCUT2D eigenvalue weighted by molar-refractivity contribution is -0.129. The molecule has 68 valence electrons. The molecule has 0 aromatic heterocycles. The summed E-state index contributed by atoms with van der Waals surface area (Å²) in [5.41, 5.74) is 0. The van der Waals surface area contributed by atoms with E-state index in [1.165, 1.54) is 0 Å². The molecule has 2 saturated heterocycles. The Bertz CT molecular complexity index is 191. The predicted octanol–water partition coefficient (Wildman–Crippen LogP) is 0.771.